The van der Waals surface area contributed by atoms with E-state index >= 15 is 0 Å². The van der Waals surface area contributed by atoms with Crippen LogP contribution in [0.3, 0.4) is 0 Å². The van der Waals surface area contributed by atoms with Crippen LogP contribution in [0.2, 0.25) is 0 Å². The summed E-state index contributed by atoms with van der Waals surface area (Å²) >= 11 is -1.73. The zero-order chi connectivity index (χ0) is 18.0. The Balaban J connectivity index is -0.000000105. The Morgan fingerprint density at radius 2 is 1.00 bits per heavy atom. The first-order chi connectivity index (χ1) is 10.2. The summed E-state index contributed by atoms with van der Waals surface area (Å²) < 4.78 is 12.7. The number of rotatable bonds is 4. The van der Waals surface area contributed by atoms with E-state index in [1.807, 2.05) is 65.8 Å². The van der Waals surface area contributed by atoms with Crippen LogP contribution in [0, 0.1) is 17.8 Å². The summed E-state index contributed by atoms with van der Waals surface area (Å²) in [6.45, 7) is 13.9. The quantitative estimate of drug-likeness (QED) is 0.435. The number of nitrogens with one attached hydrogen (secondary N) is 3. The van der Waals surface area contributed by atoms with Gasteiger partial charge in [0.05, 0.1) is 0 Å². The molecular weight excluding hydrogens is 429 g/mol. The molecule has 0 atom stereocenters. The van der Waals surface area contributed by atoms with Crippen LogP contribution in [-0.4, -0.2) is 35.5 Å². The second-order valence-electron chi connectivity index (χ2n) is 6.22. The van der Waals surface area contributed by atoms with Gasteiger partial charge >= 0.3 is 74.3 Å². The smallest absolute Gasteiger partial charge is 4.00 e. The maximum absolute atomic E-state index is 11.7. The summed E-state index contributed by atoms with van der Waals surface area (Å²) in [4.78, 5) is 0. The average Bonchev–Trinajstić information content (AvgIpc) is 3.02. The minimum Gasteiger partial charge on any atom is 4.00 e. The van der Waals surface area contributed by atoms with Crippen LogP contribution < -0.4 is 4.40 Å². The molecule has 0 aliphatic heterocycles. The molecule has 23 heavy (non-hydrogen) atoms. The van der Waals surface area contributed by atoms with Crippen molar-refractivity contribution in [2.75, 3.05) is 19.6 Å². The van der Waals surface area contributed by atoms with E-state index in [0.29, 0.717) is 37.4 Å². The molecule has 0 saturated carbocycles. The Morgan fingerprint density at radius 1 is 0.783 bits per heavy atom. The molecule has 134 valence electrons. The maximum Gasteiger partial charge on any atom is 4.00 e. The summed E-state index contributed by atoms with van der Waals surface area (Å²) in [5.41, 5.74) is 20.0. The molecule has 0 aromatic heterocycles. The topological polar surface area (TPSA) is 71.4 Å². The molecule has 0 aliphatic rings. The first-order valence-corrected chi connectivity index (χ1v) is 10.6. The molecule has 0 bridgehead atoms. The van der Waals surface area contributed by atoms with E-state index in [-0.39, 0.29) is 26.2 Å². The molecule has 0 heterocycles. The summed E-state index contributed by atoms with van der Waals surface area (Å²) in [6.07, 6.45) is 0. The number of hydrogen-bond donors (Lipinski definition) is 0. The molecule has 0 fully saturated rings. The minimum atomic E-state index is -1.73. The predicted molar refractivity (Wildman–Crippen MR) is 103 cm³/mol. The van der Waals surface area contributed by atoms with Crippen LogP contribution in [-0.2, 0) is 26.2 Å². The molecule has 6 heteroatoms. The molecule has 3 nitrogen and oxygen atoms in total. The third kappa shape index (κ3) is 39.4. The van der Waals surface area contributed by atoms with Gasteiger partial charge in [-0.25, -0.2) is 0 Å². The van der Waals surface area contributed by atoms with Gasteiger partial charge in [-0.1, -0.05) is 59.3 Å². The van der Waals surface area contributed by atoms with Gasteiger partial charge in [0.25, 0.3) is 0 Å². The average molecular weight is 465 g/mol. The van der Waals surface area contributed by atoms with E-state index < -0.39 is 15.9 Å². The Morgan fingerprint density at radius 3 is 1.09 bits per heavy atom. The van der Waals surface area contributed by atoms with Gasteiger partial charge in [-0.15, -0.1) is 19.6 Å². The van der Waals surface area contributed by atoms with Crippen molar-refractivity contribution in [2.24, 2.45) is 17.8 Å². The zero-order valence-electron chi connectivity index (χ0n) is 15.7. The van der Waals surface area contributed by atoms with Crippen molar-refractivity contribution in [3.8, 4) is 0 Å². The van der Waals surface area contributed by atoms with Crippen molar-refractivity contribution in [2.45, 2.75) is 41.5 Å². The Bertz CT molecular complexity index is 262. The molecule has 0 spiro atoms. The van der Waals surface area contributed by atoms with Crippen LogP contribution in [0.25, 0.3) is 17.2 Å². The van der Waals surface area contributed by atoms with Crippen LogP contribution in [0.1, 0.15) is 41.5 Å². The molecule has 1 aromatic carbocycles. The molecular formula is C17H36FGeN3Zr. The van der Waals surface area contributed by atoms with E-state index in [2.05, 4.69) is 0 Å². The third-order valence-electron chi connectivity index (χ3n) is 2.11. The first kappa shape index (κ1) is 31.4. The largest absolute Gasteiger partial charge is 4.00 e. The number of halogens is 1. The molecule has 3 N–H and O–H groups in total. The van der Waals surface area contributed by atoms with Crippen molar-refractivity contribution in [1.82, 2.24) is 0 Å². The van der Waals surface area contributed by atoms with E-state index in [9.17, 15) is 3.50 Å². The summed E-state index contributed by atoms with van der Waals surface area (Å²) in [5.74, 6) is 1.65. The SMILES string of the molecule is CC(C)C[NH-].CC(C)C[NH-].CC(C)C[NH-].[F][GeH2][c-]1cccc1.[Zr+4]. The molecule has 1 aromatic rings. The van der Waals surface area contributed by atoms with E-state index in [0.717, 1.165) is 4.40 Å². The summed E-state index contributed by atoms with van der Waals surface area (Å²) in [6, 6.07) is 7.44. The molecule has 0 aliphatic carbocycles. The van der Waals surface area contributed by atoms with Crippen molar-refractivity contribution >= 4 is 20.3 Å². The standard InChI is InChI=1S/C5H6FGe.3C4H10N.Zr/c6-7-5-3-1-2-4-5;3*1-4(2)3-5;/h1-4H,7H2;3*4-5H,3H2,1-2H3;/q4*-1;+4. The first-order valence-electron chi connectivity index (χ1n) is 7.95. The van der Waals surface area contributed by atoms with Crippen LogP contribution in [0.15, 0.2) is 24.3 Å². The third-order valence-corrected chi connectivity index (χ3v) is 3.75. The summed E-state index contributed by atoms with van der Waals surface area (Å²) in [5, 5.41) is 0. The van der Waals surface area contributed by atoms with Gasteiger partial charge in [-0.2, -0.15) is 0 Å². The molecule has 0 amide bonds. The van der Waals surface area contributed by atoms with Crippen LogP contribution in [0.5, 0.6) is 0 Å². The van der Waals surface area contributed by atoms with E-state index in [1.54, 1.807) is 0 Å². The fourth-order valence-electron chi connectivity index (χ4n) is 0.503. The Hall–Kier alpha value is 0.586. The van der Waals surface area contributed by atoms with E-state index in [1.165, 1.54) is 0 Å². The van der Waals surface area contributed by atoms with Crippen molar-refractivity contribution in [3.05, 3.63) is 41.5 Å². The zero-order valence-corrected chi connectivity index (χ0v) is 21.2. The molecule has 0 radical (unpaired) electrons. The van der Waals surface area contributed by atoms with Crippen molar-refractivity contribution in [3.63, 3.8) is 0 Å². The van der Waals surface area contributed by atoms with E-state index in [4.69, 9.17) is 17.2 Å². The second kappa shape index (κ2) is 24.8. The van der Waals surface area contributed by atoms with Crippen molar-refractivity contribution < 1.29 is 29.7 Å². The van der Waals surface area contributed by atoms with Gasteiger partial charge in [0.1, 0.15) is 0 Å². The minimum absolute atomic E-state index is 0. The Kier molecular flexibility index (Phi) is 33.9. The maximum atomic E-state index is 11.7. The molecule has 0 saturated heterocycles. The number of hydrogen-bond acceptors (Lipinski definition) is 0. The van der Waals surface area contributed by atoms with Crippen LogP contribution in [0.4, 0.5) is 3.50 Å². The van der Waals surface area contributed by atoms with Crippen LogP contribution >= 0.6 is 0 Å². The van der Waals surface area contributed by atoms with Gasteiger partial charge in [0.2, 0.25) is 0 Å². The van der Waals surface area contributed by atoms with Gasteiger partial charge in [0.15, 0.2) is 0 Å². The normalized spacial score (nSPS) is 9.61. The van der Waals surface area contributed by atoms with Crippen molar-refractivity contribution in [1.29, 1.82) is 0 Å². The monoisotopic (exact) mass is 465 g/mol. The predicted octanol–water partition coefficient (Wildman–Crippen LogP) is 5.17. The van der Waals surface area contributed by atoms with Gasteiger partial charge in [0, 0.05) is 0 Å². The summed E-state index contributed by atoms with van der Waals surface area (Å²) in [7, 11) is 0. The van der Waals surface area contributed by atoms with Gasteiger partial charge in [-0.3, -0.25) is 0 Å². The second-order valence-corrected chi connectivity index (χ2v) is 8.49. The molecule has 1 rings (SSSR count). The van der Waals surface area contributed by atoms with Gasteiger partial charge in [-0.05, 0) is 0 Å². The van der Waals surface area contributed by atoms with Gasteiger partial charge < -0.3 is 17.2 Å². The fourth-order valence-corrected chi connectivity index (χ4v) is 1.45. The Labute approximate surface area is 169 Å². The fraction of sp³-hybridized carbons (Fsp3) is 0.706. The molecule has 0 unspecified atom stereocenters.